The Morgan fingerprint density at radius 1 is 1.11 bits per heavy atom. The smallest absolute Gasteiger partial charge is 0.414 e. The van der Waals surface area contributed by atoms with Crippen molar-refractivity contribution in [3.63, 3.8) is 0 Å². The zero-order valence-corrected chi connectivity index (χ0v) is 32.3. The first-order chi connectivity index (χ1) is 24.8. The number of carbonyl (C=O) groups excluding carboxylic acids is 5. The number of hydrogen-bond acceptors (Lipinski definition) is 9. The molecule has 14 nitrogen and oxygen atoms in total. The molecule has 1 aromatic carbocycles. The number of benzene rings is 1. The summed E-state index contributed by atoms with van der Waals surface area (Å²) in [7, 11) is -3.88. The maximum absolute atomic E-state index is 14.5. The molecule has 0 radical (unpaired) electrons. The molecule has 3 N–H and O–H groups in total. The lowest BCUT2D eigenvalue weighted by Crippen LogP contribution is -2.60. The molecule has 290 valence electrons. The molecule has 3 heterocycles. The highest BCUT2D eigenvalue weighted by atomic mass is 32.2. The number of sulfonamides is 1. The third kappa shape index (κ3) is 8.34. The minimum atomic E-state index is -3.88. The summed E-state index contributed by atoms with van der Waals surface area (Å²) in [5, 5.41) is 6.85. The number of hydrogen-bond donors (Lipinski definition) is 3. The molecule has 0 aromatic heterocycles. The summed E-state index contributed by atoms with van der Waals surface area (Å²) in [6, 6.07) is 3.59. The van der Waals surface area contributed by atoms with Crippen molar-refractivity contribution in [2.45, 2.75) is 128 Å². The Hall–Kier alpha value is -4.14. The average Bonchev–Trinajstić information content (AvgIpc) is 3.97. The van der Waals surface area contributed by atoms with E-state index in [0.717, 1.165) is 35.3 Å². The van der Waals surface area contributed by atoms with Crippen LogP contribution in [-0.4, -0.2) is 90.3 Å². The Bertz CT molecular complexity index is 1900. The second-order valence-corrected chi connectivity index (χ2v) is 19.1. The van der Waals surface area contributed by atoms with Crippen LogP contribution in [0, 0.1) is 16.7 Å². The molecule has 5 aliphatic rings. The van der Waals surface area contributed by atoms with Crippen molar-refractivity contribution in [3.05, 3.63) is 34.2 Å². The van der Waals surface area contributed by atoms with Crippen LogP contribution in [0.1, 0.15) is 98.5 Å². The van der Waals surface area contributed by atoms with Gasteiger partial charge in [0.2, 0.25) is 21.8 Å². The third-order valence-corrected chi connectivity index (χ3v) is 13.0. The van der Waals surface area contributed by atoms with Crippen LogP contribution in [-0.2, 0) is 40.4 Å². The number of ether oxygens (including phenoxy) is 2. The van der Waals surface area contributed by atoms with Crippen molar-refractivity contribution >= 4 is 52.2 Å². The third-order valence-electron chi connectivity index (χ3n) is 11.1. The minimum Gasteiger partial charge on any atom is -0.449 e. The Morgan fingerprint density at radius 2 is 1.85 bits per heavy atom. The van der Waals surface area contributed by atoms with Crippen LogP contribution >= 0.6 is 0 Å². The summed E-state index contributed by atoms with van der Waals surface area (Å²) in [5.74, 6) is -2.37. The molecule has 53 heavy (non-hydrogen) atoms. The van der Waals surface area contributed by atoms with Crippen molar-refractivity contribution in [2.24, 2.45) is 16.7 Å². The highest BCUT2D eigenvalue weighted by Gasteiger charge is 2.62. The largest absolute Gasteiger partial charge is 0.449 e. The van der Waals surface area contributed by atoms with E-state index in [0.29, 0.717) is 25.8 Å². The fraction of sp³-hybridized carbons (Fsp3) is 0.658. The van der Waals surface area contributed by atoms with Gasteiger partial charge in [-0.15, -0.1) is 0 Å². The van der Waals surface area contributed by atoms with Crippen LogP contribution in [0.4, 0.5) is 9.59 Å². The van der Waals surface area contributed by atoms with Gasteiger partial charge < -0.3 is 25.0 Å². The Kier molecular flexibility index (Phi) is 10.4. The van der Waals surface area contributed by atoms with E-state index >= 15 is 0 Å². The van der Waals surface area contributed by atoms with E-state index in [9.17, 15) is 32.4 Å². The molecular weight excluding hydrogens is 703 g/mol. The van der Waals surface area contributed by atoms with E-state index in [1.54, 1.807) is 27.0 Å². The van der Waals surface area contributed by atoms with Gasteiger partial charge in [0.1, 0.15) is 23.7 Å². The average molecular weight is 756 g/mol. The molecule has 15 heteroatoms. The van der Waals surface area contributed by atoms with Crippen molar-refractivity contribution in [1.82, 2.24) is 25.2 Å². The maximum Gasteiger partial charge on any atom is 0.414 e. The molecule has 4 bridgehead atoms. The van der Waals surface area contributed by atoms with Gasteiger partial charge in [0, 0.05) is 17.8 Å². The molecule has 6 rings (SSSR count). The van der Waals surface area contributed by atoms with Gasteiger partial charge in [0.15, 0.2) is 0 Å². The molecule has 5 amide bonds. The van der Waals surface area contributed by atoms with E-state index in [2.05, 4.69) is 21.4 Å². The van der Waals surface area contributed by atoms with E-state index < -0.39 is 74.3 Å². The lowest BCUT2D eigenvalue weighted by Gasteiger charge is -2.35. The number of fused-ring (bicyclic) bond motifs is 3. The van der Waals surface area contributed by atoms with E-state index in [1.165, 1.54) is 9.80 Å². The van der Waals surface area contributed by atoms with Crippen molar-refractivity contribution in [1.29, 1.82) is 0 Å². The van der Waals surface area contributed by atoms with Gasteiger partial charge in [0.25, 0.3) is 5.91 Å². The topological polar surface area (TPSA) is 181 Å². The number of cyclic esters (lactones) is 1. The van der Waals surface area contributed by atoms with Gasteiger partial charge in [-0.25, -0.2) is 18.0 Å². The molecule has 2 aliphatic carbocycles. The summed E-state index contributed by atoms with van der Waals surface area (Å²) >= 11 is 0. The number of alkyl carbamates (subject to hydrolysis) is 1. The lowest BCUT2D eigenvalue weighted by molar-refractivity contribution is -0.143. The minimum absolute atomic E-state index is 0.0759. The number of amides is 5. The Balaban J connectivity index is 1.30. The molecule has 3 aliphatic heterocycles. The van der Waals surface area contributed by atoms with Gasteiger partial charge in [-0.3, -0.25) is 24.0 Å². The zero-order chi connectivity index (χ0) is 38.5. The molecule has 3 fully saturated rings. The Labute approximate surface area is 311 Å². The fourth-order valence-electron chi connectivity index (χ4n) is 7.63. The fourth-order valence-corrected chi connectivity index (χ4v) is 9.00. The SMILES string of the molecule is CC[C@@H]1C[C@]1(NC(=O)[C@@H]1C[C@@H]2CN1C(=O)[C@H](C(C)(C)C)NC(=O)OCC(C)(C)CCC/C=c1\cccc3c1=CN(C3)C(=O)O2)C(=O)NS(=O)(=O)C1CC1. The molecule has 1 saturated heterocycles. The van der Waals surface area contributed by atoms with Crippen LogP contribution in [0.15, 0.2) is 18.2 Å². The first-order valence-electron chi connectivity index (χ1n) is 18.7. The van der Waals surface area contributed by atoms with Gasteiger partial charge in [0.05, 0.1) is 24.9 Å². The van der Waals surface area contributed by atoms with E-state index in [-0.39, 0.29) is 37.3 Å². The standard InChI is InChI=1S/C38H53N5O9S/c1-7-25-18-38(25,33(46)41-53(49,50)27-14-15-27)40-31(44)29-17-26-20-43(29)32(45)30(36(2,3)4)39-34(47)51-22-37(5,6)16-9-8-11-23-12-10-13-24-19-42(21-28(23)24)35(48)52-26/h10-13,21,25-27,29-30H,7-9,14-20,22H2,1-6H3,(H,39,47)(H,40,44)(H,41,46)/b23-11+/t25-,26-,29+,30-,38-/m1/s1. The van der Waals surface area contributed by atoms with Gasteiger partial charge in [-0.2, -0.15) is 0 Å². The summed E-state index contributed by atoms with van der Waals surface area (Å²) in [6.07, 6.45) is 5.60. The summed E-state index contributed by atoms with van der Waals surface area (Å²) < 4.78 is 39.2. The van der Waals surface area contributed by atoms with Crippen molar-refractivity contribution in [3.8, 4) is 0 Å². The molecule has 1 aromatic rings. The predicted octanol–water partition coefficient (Wildman–Crippen LogP) is 2.37. The highest BCUT2D eigenvalue weighted by molar-refractivity contribution is 7.91. The molecular formula is C38H53N5O9S. The number of carbonyl (C=O) groups is 5. The first-order valence-corrected chi connectivity index (χ1v) is 20.3. The van der Waals surface area contributed by atoms with Crippen molar-refractivity contribution in [2.75, 3.05) is 13.2 Å². The van der Waals surface area contributed by atoms with Crippen LogP contribution in [0.5, 0.6) is 0 Å². The van der Waals surface area contributed by atoms with Crippen LogP contribution in [0.25, 0.3) is 12.3 Å². The van der Waals surface area contributed by atoms with Gasteiger partial charge in [-0.1, -0.05) is 72.2 Å². The number of nitrogens with one attached hydrogen (secondary N) is 3. The van der Waals surface area contributed by atoms with E-state index in [4.69, 9.17) is 9.47 Å². The first kappa shape index (κ1) is 38.6. The molecule has 2 saturated carbocycles. The highest BCUT2D eigenvalue weighted by Crippen LogP contribution is 2.47. The second-order valence-electron chi connectivity index (χ2n) is 17.2. The van der Waals surface area contributed by atoms with E-state index in [1.807, 2.05) is 39.0 Å². The maximum atomic E-state index is 14.5. The summed E-state index contributed by atoms with van der Waals surface area (Å²) in [4.78, 5) is 71.9. The number of nitrogens with zero attached hydrogens (tertiary/aromatic N) is 2. The predicted molar refractivity (Wildman–Crippen MR) is 195 cm³/mol. The summed E-state index contributed by atoms with van der Waals surface area (Å²) in [5.41, 5.74) is -1.67. The van der Waals surface area contributed by atoms with Crippen LogP contribution in [0.2, 0.25) is 0 Å². The Morgan fingerprint density at radius 3 is 2.51 bits per heavy atom. The van der Waals surface area contributed by atoms with Gasteiger partial charge >= 0.3 is 12.2 Å². The van der Waals surface area contributed by atoms with Gasteiger partial charge in [-0.05, 0) is 66.1 Å². The van der Waals surface area contributed by atoms with Crippen LogP contribution in [0.3, 0.4) is 0 Å². The number of rotatable bonds is 6. The van der Waals surface area contributed by atoms with Crippen molar-refractivity contribution < 1.29 is 41.9 Å². The zero-order valence-electron chi connectivity index (χ0n) is 31.5. The second kappa shape index (κ2) is 14.3. The van der Waals surface area contributed by atoms with Crippen LogP contribution < -0.4 is 25.8 Å². The summed E-state index contributed by atoms with van der Waals surface area (Å²) in [6.45, 7) is 11.5. The lowest BCUT2D eigenvalue weighted by atomic mass is 9.85. The molecule has 0 spiro atoms. The quantitative estimate of drug-likeness (QED) is 0.393. The monoisotopic (exact) mass is 755 g/mol. The molecule has 0 unspecified atom stereocenters. The molecule has 5 atom stereocenters. The normalized spacial score (nSPS) is 29.8.